The van der Waals surface area contributed by atoms with Gasteiger partial charge in [0.15, 0.2) is 23.9 Å². The first-order valence-electron chi connectivity index (χ1n) is 5.83. The van der Waals surface area contributed by atoms with Gasteiger partial charge in [-0.1, -0.05) is 26.8 Å². The smallest absolute Gasteiger partial charge is 0.342 e. The van der Waals surface area contributed by atoms with Gasteiger partial charge in [0.05, 0.1) is 7.11 Å². The van der Waals surface area contributed by atoms with Gasteiger partial charge in [0.25, 0.3) is 0 Å². The summed E-state index contributed by atoms with van der Waals surface area (Å²) in [5, 5.41) is 9.77. The molecular weight excluding hydrogens is 248 g/mol. The van der Waals surface area contributed by atoms with Crippen molar-refractivity contribution in [1.82, 2.24) is 0 Å². The molecule has 104 valence electrons. The molecule has 1 rings (SSSR count). The number of ether oxygens (including phenoxy) is 2. The monoisotopic (exact) mass is 266 g/mol. The van der Waals surface area contributed by atoms with Crippen molar-refractivity contribution in [2.75, 3.05) is 13.7 Å². The van der Waals surface area contributed by atoms with Gasteiger partial charge >= 0.3 is 5.97 Å². The summed E-state index contributed by atoms with van der Waals surface area (Å²) >= 11 is 0. The molecule has 1 N–H and O–H groups in total. The topological polar surface area (TPSA) is 72.8 Å². The van der Waals surface area contributed by atoms with Crippen LogP contribution in [0.2, 0.25) is 0 Å². The van der Waals surface area contributed by atoms with Crippen LogP contribution in [0, 0.1) is 5.41 Å². The minimum absolute atomic E-state index is 0.0268. The molecule has 0 heterocycles. The van der Waals surface area contributed by atoms with E-state index in [-0.39, 0.29) is 29.5 Å². The number of Topliss-reactive ketones (excluding diaryl/α,β-unsaturated/α-hetero) is 1. The molecule has 0 aromatic heterocycles. The van der Waals surface area contributed by atoms with E-state index in [0.717, 1.165) is 0 Å². The van der Waals surface area contributed by atoms with Gasteiger partial charge in [-0.2, -0.15) is 0 Å². The number of hydrogen-bond donors (Lipinski definition) is 1. The Morgan fingerprint density at radius 3 is 2.42 bits per heavy atom. The van der Waals surface area contributed by atoms with Crippen LogP contribution in [0.5, 0.6) is 11.5 Å². The van der Waals surface area contributed by atoms with Gasteiger partial charge in [0.1, 0.15) is 5.56 Å². The van der Waals surface area contributed by atoms with Crippen molar-refractivity contribution in [1.29, 1.82) is 0 Å². The third-order valence-corrected chi connectivity index (χ3v) is 2.61. The predicted octanol–water partition coefficient (Wildman–Crippen LogP) is 2.17. The predicted molar refractivity (Wildman–Crippen MR) is 69.4 cm³/mol. The molecule has 0 unspecified atom stereocenters. The minimum Gasteiger partial charge on any atom is -0.504 e. The van der Waals surface area contributed by atoms with Crippen LogP contribution in [0.4, 0.5) is 0 Å². The first-order valence-corrected chi connectivity index (χ1v) is 5.83. The number of methoxy groups -OCH3 is 1. The fourth-order valence-corrected chi connectivity index (χ4v) is 1.28. The van der Waals surface area contributed by atoms with E-state index >= 15 is 0 Å². The van der Waals surface area contributed by atoms with Gasteiger partial charge in [-0.25, -0.2) is 4.79 Å². The number of carbonyl (C=O) groups is 2. The molecule has 0 radical (unpaired) electrons. The fourth-order valence-electron chi connectivity index (χ4n) is 1.28. The molecule has 0 bridgehead atoms. The number of rotatable bonds is 4. The summed E-state index contributed by atoms with van der Waals surface area (Å²) in [6, 6.07) is 4.48. The van der Waals surface area contributed by atoms with E-state index < -0.39 is 11.4 Å². The van der Waals surface area contributed by atoms with Gasteiger partial charge in [-0.15, -0.1) is 0 Å². The molecule has 0 fully saturated rings. The van der Waals surface area contributed by atoms with E-state index in [1.54, 1.807) is 26.8 Å². The van der Waals surface area contributed by atoms with E-state index in [4.69, 9.17) is 9.47 Å². The molecule has 5 heteroatoms. The van der Waals surface area contributed by atoms with Crippen LogP contribution in [0.1, 0.15) is 31.1 Å². The van der Waals surface area contributed by atoms with Crippen LogP contribution in [0.3, 0.4) is 0 Å². The second kappa shape index (κ2) is 5.73. The average molecular weight is 266 g/mol. The normalized spacial score (nSPS) is 10.9. The molecular formula is C14H18O5. The van der Waals surface area contributed by atoms with E-state index in [1.165, 1.54) is 19.2 Å². The number of esters is 1. The second-order valence-electron chi connectivity index (χ2n) is 5.11. The number of phenolic OH excluding ortho intramolecular Hbond substituents is 1. The van der Waals surface area contributed by atoms with Crippen molar-refractivity contribution < 1.29 is 24.2 Å². The highest BCUT2D eigenvalue weighted by Crippen LogP contribution is 2.29. The summed E-state index contributed by atoms with van der Waals surface area (Å²) in [6.07, 6.45) is 0. The maximum atomic E-state index is 11.8. The molecule has 0 aliphatic heterocycles. The Morgan fingerprint density at radius 2 is 1.89 bits per heavy atom. The lowest BCUT2D eigenvalue weighted by Crippen LogP contribution is -2.26. The van der Waals surface area contributed by atoms with Crippen LogP contribution in [0.25, 0.3) is 0 Å². The maximum Gasteiger partial charge on any atom is 0.342 e. The Hall–Kier alpha value is -2.04. The molecule has 0 saturated carbocycles. The molecule has 0 amide bonds. The lowest BCUT2D eigenvalue weighted by atomic mass is 9.91. The first-order chi connectivity index (χ1) is 8.77. The van der Waals surface area contributed by atoms with Crippen molar-refractivity contribution in [2.24, 2.45) is 5.41 Å². The summed E-state index contributed by atoms with van der Waals surface area (Å²) in [6.45, 7) is 4.91. The fraction of sp³-hybridized carbons (Fsp3) is 0.429. The van der Waals surface area contributed by atoms with Gasteiger partial charge in [0.2, 0.25) is 0 Å². The molecule has 19 heavy (non-hydrogen) atoms. The molecule has 5 nitrogen and oxygen atoms in total. The summed E-state index contributed by atoms with van der Waals surface area (Å²) in [5.41, 5.74) is -0.600. The Kier molecular flexibility index (Phi) is 4.53. The Balaban J connectivity index is 2.77. The third-order valence-electron chi connectivity index (χ3n) is 2.61. The van der Waals surface area contributed by atoms with Crippen molar-refractivity contribution in [3.05, 3.63) is 23.8 Å². The maximum absolute atomic E-state index is 11.8. The lowest BCUT2D eigenvalue weighted by molar-refractivity contribution is -0.129. The number of hydrogen-bond acceptors (Lipinski definition) is 5. The van der Waals surface area contributed by atoms with E-state index in [0.29, 0.717) is 0 Å². The lowest BCUT2D eigenvalue weighted by Gasteiger charge is -2.16. The largest absolute Gasteiger partial charge is 0.504 e. The van der Waals surface area contributed by atoms with Gasteiger partial charge in [0, 0.05) is 5.41 Å². The minimum atomic E-state index is -0.756. The van der Waals surface area contributed by atoms with Crippen LogP contribution < -0.4 is 4.74 Å². The number of aromatic hydroxyl groups is 1. The molecule has 0 spiro atoms. The number of ketones is 1. The number of phenols is 1. The van der Waals surface area contributed by atoms with Crippen molar-refractivity contribution in [3.63, 3.8) is 0 Å². The van der Waals surface area contributed by atoms with E-state index in [9.17, 15) is 14.7 Å². The van der Waals surface area contributed by atoms with E-state index in [1.807, 2.05) is 0 Å². The molecule has 1 aromatic carbocycles. The molecule has 0 saturated heterocycles. The SMILES string of the molecule is COc1cccc(C(=O)OCC(=O)C(C)(C)C)c1O. The summed E-state index contributed by atoms with van der Waals surface area (Å²) < 4.78 is 9.78. The quantitative estimate of drug-likeness (QED) is 0.845. The Morgan fingerprint density at radius 1 is 1.26 bits per heavy atom. The Labute approximate surface area is 112 Å². The Bertz CT molecular complexity index is 485. The zero-order valence-electron chi connectivity index (χ0n) is 11.5. The summed E-state index contributed by atoms with van der Waals surface area (Å²) in [7, 11) is 1.38. The molecule has 0 aliphatic rings. The number of carbonyl (C=O) groups excluding carboxylic acids is 2. The molecule has 1 aromatic rings. The van der Waals surface area contributed by atoms with Gasteiger partial charge in [-0.05, 0) is 12.1 Å². The molecule has 0 atom stereocenters. The average Bonchev–Trinajstić information content (AvgIpc) is 2.34. The zero-order valence-corrected chi connectivity index (χ0v) is 11.5. The van der Waals surface area contributed by atoms with Gasteiger partial charge < -0.3 is 14.6 Å². The number of benzene rings is 1. The third kappa shape index (κ3) is 3.71. The highest BCUT2D eigenvalue weighted by molar-refractivity contribution is 5.95. The van der Waals surface area contributed by atoms with E-state index in [2.05, 4.69) is 0 Å². The van der Waals surface area contributed by atoms with Crippen molar-refractivity contribution in [2.45, 2.75) is 20.8 Å². The van der Waals surface area contributed by atoms with Crippen molar-refractivity contribution >= 4 is 11.8 Å². The second-order valence-corrected chi connectivity index (χ2v) is 5.11. The highest BCUT2D eigenvalue weighted by Gasteiger charge is 2.24. The van der Waals surface area contributed by atoms with Crippen LogP contribution in [0.15, 0.2) is 18.2 Å². The van der Waals surface area contributed by atoms with Crippen LogP contribution >= 0.6 is 0 Å². The highest BCUT2D eigenvalue weighted by atomic mass is 16.5. The summed E-state index contributed by atoms with van der Waals surface area (Å²) in [5.74, 6) is -1.06. The first kappa shape index (κ1) is 15.0. The van der Waals surface area contributed by atoms with Gasteiger partial charge in [-0.3, -0.25) is 4.79 Å². The standard InChI is InChI=1S/C14H18O5/c1-14(2,3)11(15)8-19-13(17)9-6-5-7-10(18-4)12(9)16/h5-7,16H,8H2,1-4H3. The van der Waals surface area contributed by atoms with Crippen LogP contribution in [-0.4, -0.2) is 30.6 Å². The van der Waals surface area contributed by atoms with Crippen LogP contribution in [-0.2, 0) is 9.53 Å². The summed E-state index contributed by atoms with van der Waals surface area (Å²) in [4.78, 5) is 23.4. The number of para-hydroxylation sites is 1. The zero-order chi connectivity index (χ0) is 14.6. The van der Waals surface area contributed by atoms with Crippen molar-refractivity contribution in [3.8, 4) is 11.5 Å². The molecule has 0 aliphatic carbocycles.